The number of nitrogen functional groups attached to an aromatic ring is 1. The number of hydrogen-bond donors (Lipinski definition) is 2. The zero-order valence-electron chi connectivity index (χ0n) is 7.99. The summed E-state index contributed by atoms with van der Waals surface area (Å²) in [5.41, 5.74) is 12.4. The molecule has 2 aromatic heterocycles. The first kappa shape index (κ1) is 9.79. The van der Waals surface area contributed by atoms with Gasteiger partial charge in [0.1, 0.15) is 11.5 Å². The first-order chi connectivity index (χ1) is 7.00. The molecule has 15 heavy (non-hydrogen) atoms. The highest BCUT2D eigenvalue weighted by Gasteiger charge is 2.15. The number of halogens is 1. The Kier molecular flexibility index (Phi) is 2.04. The van der Waals surface area contributed by atoms with Crippen molar-refractivity contribution in [3.63, 3.8) is 0 Å². The number of aryl methyl sites for hydroxylation is 1. The largest absolute Gasteiger partial charge is 0.383 e. The van der Waals surface area contributed by atoms with Crippen molar-refractivity contribution < 1.29 is 4.79 Å². The van der Waals surface area contributed by atoms with Crippen molar-refractivity contribution in [2.24, 2.45) is 5.73 Å². The Hall–Kier alpha value is -1.75. The molecule has 0 saturated heterocycles. The van der Waals surface area contributed by atoms with E-state index in [9.17, 15) is 4.79 Å². The van der Waals surface area contributed by atoms with Crippen LogP contribution in [0.5, 0.6) is 0 Å². The SMILES string of the molecule is Cc1cc(Cl)cn2c(N)c(C(N)=O)nc12. The second-order valence-corrected chi connectivity index (χ2v) is 3.68. The number of anilines is 1. The smallest absolute Gasteiger partial charge is 0.271 e. The number of amides is 1. The van der Waals surface area contributed by atoms with Gasteiger partial charge in [-0.1, -0.05) is 11.6 Å². The molecular weight excluding hydrogens is 216 g/mol. The van der Waals surface area contributed by atoms with Crippen molar-refractivity contribution in [3.8, 4) is 0 Å². The number of carbonyl (C=O) groups is 1. The summed E-state index contributed by atoms with van der Waals surface area (Å²) in [6, 6.07) is 1.74. The highest BCUT2D eigenvalue weighted by atomic mass is 35.5. The maximum Gasteiger partial charge on any atom is 0.271 e. The van der Waals surface area contributed by atoms with Crippen LogP contribution in [0.1, 0.15) is 16.1 Å². The van der Waals surface area contributed by atoms with Crippen LogP contribution >= 0.6 is 11.6 Å². The highest BCUT2D eigenvalue weighted by Crippen LogP contribution is 2.21. The first-order valence-electron chi connectivity index (χ1n) is 4.24. The molecule has 0 fully saturated rings. The second kappa shape index (κ2) is 3.13. The minimum Gasteiger partial charge on any atom is -0.383 e. The van der Waals surface area contributed by atoms with Crippen molar-refractivity contribution in [3.05, 3.63) is 28.5 Å². The summed E-state index contributed by atoms with van der Waals surface area (Å²) >= 11 is 5.86. The molecule has 5 nitrogen and oxygen atoms in total. The fourth-order valence-corrected chi connectivity index (χ4v) is 1.73. The van der Waals surface area contributed by atoms with Crippen LogP contribution in [-0.4, -0.2) is 15.3 Å². The number of primary amides is 1. The molecule has 78 valence electrons. The Balaban J connectivity index is 2.88. The highest BCUT2D eigenvalue weighted by molar-refractivity contribution is 6.30. The summed E-state index contributed by atoms with van der Waals surface area (Å²) in [7, 11) is 0. The number of imidazole rings is 1. The number of aromatic nitrogens is 2. The van der Waals surface area contributed by atoms with Crippen LogP contribution in [0.3, 0.4) is 0 Å². The molecule has 0 bridgehead atoms. The Labute approximate surface area is 90.6 Å². The summed E-state index contributed by atoms with van der Waals surface area (Å²) < 4.78 is 1.55. The van der Waals surface area contributed by atoms with Gasteiger partial charge in [-0.15, -0.1) is 0 Å². The van der Waals surface area contributed by atoms with Gasteiger partial charge in [-0.2, -0.15) is 0 Å². The van der Waals surface area contributed by atoms with Gasteiger partial charge in [0.05, 0.1) is 5.02 Å². The third-order valence-electron chi connectivity index (χ3n) is 2.14. The van der Waals surface area contributed by atoms with Crippen molar-refractivity contribution in [2.75, 3.05) is 5.73 Å². The first-order valence-corrected chi connectivity index (χ1v) is 4.62. The number of rotatable bonds is 1. The molecule has 0 atom stereocenters. The molecule has 4 N–H and O–H groups in total. The molecule has 0 radical (unpaired) electrons. The van der Waals surface area contributed by atoms with Crippen LogP contribution in [0.2, 0.25) is 5.02 Å². The lowest BCUT2D eigenvalue weighted by Gasteiger charge is -2.00. The van der Waals surface area contributed by atoms with Crippen molar-refractivity contribution in [1.82, 2.24) is 9.38 Å². The van der Waals surface area contributed by atoms with E-state index in [1.807, 2.05) is 6.92 Å². The van der Waals surface area contributed by atoms with Gasteiger partial charge in [0.25, 0.3) is 5.91 Å². The topological polar surface area (TPSA) is 86.4 Å². The predicted molar refractivity (Wildman–Crippen MR) is 57.9 cm³/mol. The summed E-state index contributed by atoms with van der Waals surface area (Å²) in [5, 5.41) is 0.528. The number of nitrogens with two attached hydrogens (primary N) is 2. The van der Waals surface area contributed by atoms with E-state index in [1.165, 1.54) is 0 Å². The third-order valence-corrected chi connectivity index (χ3v) is 2.35. The molecule has 0 unspecified atom stereocenters. The molecule has 1 amide bonds. The molecule has 2 aromatic rings. The van der Waals surface area contributed by atoms with Crippen molar-refractivity contribution in [1.29, 1.82) is 0 Å². The molecule has 6 heteroatoms. The van der Waals surface area contributed by atoms with Crippen molar-refractivity contribution in [2.45, 2.75) is 6.92 Å². The van der Waals surface area contributed by atoms with Gasteiger partial charge in [-0.25, -0.2) is 4.98 Å². The molecule has 0 aliphatic heterocycles. The monoisotopic (exact) mass is 224 g/mol. The molecule has 0 spiro atoms. The average Bonchev–Trinajstić information content (AvgIpc) is 2.44. The number of carbonyl (C=O) groups excluding carboxylic acids is 1. The lowest BCUT2D eigenvalue weighted by Crippen LogP contribution is -2.13. The Morgan fingerprint density at radius 1 is 1.60 bits per heavy atom. The number of pyridine rings is 1. The van der Waals surface area contributed by atoms with Crippen LogP contribution in [-0.2, 0) is 0 Å². The summed E-state index contributed by atoms with van der Waals surface area (Å²) in [6.07, 6.45) is 1.60. The van der Waals surface area contributed by atoms with Crippen LogP contribution in [0, 0.1) is 6.92 Å². The molecule has 0 aliphatic carbocycles. The fourth-order valence-electron chi connectivity index (χ4n) is 1.47. The minimum atomic E-state index is -0.647. The van der Waals surface area contributed by atoms with E-state index in [-0.39, 0.29) is 11.5 Å². The van der Waals surface area contributed by atoms with Gasteiger partial charge < -0.3 is 11.5 Å². The number of hydrogen-bond acceptors (Lipinski definition) is 3. The Morgan fingerprint density at radius 3 is 2.87 bits per heavy atom. The maximum atomic E-state index is 11.0. The summed E-state index contributed by atoms with van der Waals surface area (Å²) in [6.45, 7) is 1.83. The number of nitrogens with zero attached hydrogens (tertiary/aromatic N) is 2. The molecule has 0 saturated carbocycles. The fraction of sp³-hybridized carbons (Fsp3) is 0.111. The molecule has 2 rings (SSSR count). The number of fused-ring (bicyclic) bond motifs is 1. The predicted octanol–water partition coefficient (Wildman–Crippen LogP) is 0.977. The van der Waals surface area contributed by atoms with Gasteiger partial charge >= 0.3 is 0 Å². The van der Waals surface area contributed by atoms with E-state index in [0.29, 0.717) is 10.7 Å². The van der Waals surface area contributed by atoms with Crippen molar-refractivity contribution >= 4 is 29.0 Å². The zero-order chi connectivity index (χ0) is 11.2. The lowest BCUT2D eigenvalue weighted by molar-refractivity contribution is 0.0997. The minimum absolute atomic E-state index is 0.0698. The third kappa shape index (κ3) is 1.41. The molecule has 0 aliphatic rings. The standard InChI is InChI=1S/C9H9ClN4O/c1-4-2-5(10)3-14-7(11)6(8(12)15)13-9(4)14/h2-3H,11H2,1H3,(H2,12,15). The lowest BCUT2D eigenvalue weighted by atomic mass is 10.3. The van der Waals surface area contributed by atoms with Crippen LogP contribution in [0.4, 0.5) is 5.82 Å². The molecule has 0 aromatic carbocycles. The van der Waals surface area contributed by atoms with Crippen LogP contribution in [0.25, 0.3) is 5.65 Å². The average molecular weight is 225 g/mol. The van der Waals surface area contributed by atoms with Gasteiger partial charge in [-0.3, -0.25) is 9.20 Å². The quantitative estimate of drug-likeness (QED) is 0.757. The van der Waals surface area contributed by atoms with E-state index >= 15 is 0 Å². The van der Waals surface area contributed by atoms with Gasteiger partial charge in [0.2, 0.25) is 0 Å². The normalized spacial score (nSPS) is 10.8. The maximum absolute atomic E-state index is 11.0. The van der Waals surface area contributed by atoms with E-state index in [1.54, 1.807) is 16.7 Å². The van der Waals surface area contributed by atoms with Gasteiger partial charge in [0, 0.05) is 6.20 Å². The van der Waals surface area contributed by atoms with Crippen LogP contribution in [0.15, 0.2) is 12.3 Å². The van der Waals surface area contributed by atoms with E-state index in [0.717, 1.165) is 5.56 Å². The van der Waals surface area contributed by atoms with Gasteiger partial charge in [0.15, 0.2) is 5.69 Å². The van der Waals surface area contributed by atoms with Crippen LogP contribution < -0.4 is 11.5 Å². The van der Waals surface area contributed by atoms with E-state index < -0.39 is 5.91 Å². The van der Waals surface area contributed by atoms with Gasteiger partial charge in [-0.05, 0) is 18.6 Å². The molecule has 2 heterocycles. The Morgan fingerprint density at radius 2 is 2.27 bits per heavy atom. The van der Waals surface area contributed by atoms with E-state index in [2.05, 4.69) is 4.98 Å². The van der Waals surface area contributed by atoms with E-state index in [4.69, 9.17) is 23.1 Å². The summed E-state index contributed by atoms with van der Waals surface area (Å²) in [5.74, 6) is -0.435. The molecular formula is C9H9ClN4O. The zero-order valence-corrected chi connectivity index (χ0v) is 8.75. The second-order valence-electron chi connectivity index (χ2n) is 3.24. The summed E-state index contributed by atoms with van der Waals surface area (Å²) in [4.78, 5) is 15.1. The Bertz CT molecular complexity index is 561.